The van der Waals surface area contributed by atoms with E-state index >= 15 is 0 Å². The lowest BCUT2D eigenvalue weighted by Gasteiger charge is -2.24. The highest BCUT2D eigenvalue weighted by molar-refractivity contribution is 6.30. The zero-order valence-corrected chi connectivity index (χ0v) is 11.7. The molecule has 1 unspecified atom stereocenters. The molecule has 2 N–H and O–H groups in total. The number of methoxy groups -OCH3 is 1. The average molecular weight is 257 g/mol. The monoisotopic (exact) mass is 256 g/mol. The third kappa shape index (κ3) is 3.60. The van der Waals surface area contributed by atoms with Crippen LogP contribution in [0.4, 0.5) is 0 Å². The van der Waals surface area contributed by atoms with E-state index in [-0.39, 0.29) is 0 Å². The van der Waals surface area contributed by atoms with E-state index in [0.717, 1.165) is 28.4 Å². The van der Waals surface area contributed by atoms with Crippen molar-refractivity contribution in [2.24, 2.45) is 5.73 Å². The Kier molecular flexibility index (Phi) is 5.25. The van der Waals surface area contributed by atoms with E-state index in [1.807, 2.05) is 26.1 Å². The number of aryl methyl sites for hydroxylation is 1. The first-order valence-corrected chi connectivity index (χ1v) is 6.10. The SMILES string of the molecule is COc1c(C)cc(Cl)cc1CN(C)C(C)CN. The van der Waals surface area contributed by atoms with Crippen LogP contribution in [0.25, 0.3) is 0 Å². The Morgan fingerprint density at radius 2 is 2.12 bits per heavy atom. The minimum absolute atomic E-state index is 0.332. The molecular formula is C13H21ClN2O. The molecule has 1 aromatic rings. The van der Waals surface area contributed by atoms with Crippen molar-refractivity contribution in [3.05, 3.63) is 28.3 Å². The third-order valence-corrected chi connectivity index (χ3v) is 3.25. The molecule has 1 rings (SSSR count). The van der Waals surface area contributed by atoms with Crippen LogP contribution in [0, 0.1) is 6.92 Å². The highest BCUT2D eigenvalue weighted by Crippen LogP contribution is 2.28. The first-order valence-electron chi connectivity index (χ1n) is 5.73. The summed E-state index contributed by atoms with van der Waals surface area (Å²) in [4.78, 5) is 2.19. The molecule has 0 saturated heterocycles. The number of nitrogens with zero attached hydrogens (tertiary/aromatic N) is 1. The standard InChI is InChI=1S/C13H21ClN2O/c1-9-5-12(14)6-11(13(9)17-4)8-16(3)10(2)7-15/h5-6,10H,7-8,15H2,1-4H3. The van der Waals surface area contributed by atoms with Gasteiger partial charge in [0.15, 0.2) is 0 Å². The zero-order chi connectivity index (χ0) is 13.0. The molecule has 3 nitrogen and oxygen atoms in total. The summed E-state index contributed by atoms with van der Waals surface area (Å²) in [6, 6.07) is 4.20. The van der Waals surface area contributed by atoms with E-state index in [1.165, 1.54) is 0 Å². The van der Waals surface area contributed by atoms with Gasteiger partial charge in [-0.15, -0.1) is 0 Å². The highest BCUT2D eigenvalue weighted by atomic mass is 35.5. The second-order valence-electron chi connectivity index (χ2n) is 4.41. The van der Waals surface area contributed by atoms with Crippen molar-refractivity contribution < 1.29 is 4.74 Å². The molecule has 0 radical (unpaired) electrons. The summed E-state index contributed by atoms with van der Waals surface area (Å²) in [7, 11) is 3.74. The molecule has 17 heavy (non-hydrogen) atoms. The Hall–Kier alpha value is -0.770. The summed E-state index contributed by atoms with van der Waals surface area (Å²) in [6.07, 6.45) is 0. The maximum Gasteiger partial charge on any atom is 0.126 e. The average Bonchev–Trinajstić information content (AvgIpc) is 2.27. The number of hydrogen-bond donors (Lipinski definition) is 1. The summed E-state index contributed by atoms with van der Waals surface area (Å²) in [5, 5.41) is 0.743. The first kappa shape index (κ1) is 14.3. The van der Waals surface area contributed by atoms with Gasteiger partial charge in [-0.2, -0.15) is 0 Å². The zero-order valence-electron chi connectivity index (χ0n) is 11.0. The van der Waals surface area contributed by atoms with E-state index in [9.17, 15) is 0 Å². The fourth-order valence-electron chi connectivity index (χ4n) is 1.81. The van der Waals surface area contributed by atoms with Crippen molar-refractivity contribution in [2.75, 3.05) is 20.7 Å². The molecule has 0 amide bonds. The minimum Gasteiger partial charge on any atom is -0.496 e. The number of ether oxygens (including phenoxy) is 1. The van der Waals surface area contributed by atoms with Gasteiger partial charge < -0.3 is 10.5 Å². The lowest BCUT2D eigenvalue weighted by Crippen LogP contribution is -2.34. The molecule has 0 spiro atoms. The second-order valence-corrected chi connectivity index (χ2v) is 4.85. The van der Waals surface area contributed by atoms with Gasteiger partial charge >= 0.3 is 0 Å². The molecule has 0 aliphatic rings. The van der Waals surface area contributed by atoms with E-state index in [1.54, 1.807) is 7.11 Å². The van der Waals surface area contributed by atoms with Gasteiger partial charge in [-0.25, -0.2) is 0 Å². The van der Waals surface area contributed by atoms with Crippen molar-refractivity contribution in [1.82, 2.24) is 4.90 Å². The Bertz CT molecular complexity index is 382. The lowest BCUT2D eigenvalue weighted by atomic mass is 10.1. The Labute approximate surface area is 109 Å². The van der Waals surface area contributed by atoms with Crippen LogP contribution in [0.2, 0.25) is 5.02 Å². The van der Waals surface area contributed by atoms with Gasteiger partial charge in [0.05, 0.1) is 7.11 Å². The van der Waals surface area contributed by atoms with Gasteiger partial charge in [-0.3, -0.25) is 4.90 Å². The summed E-state index contributed by atoms with van der Waals surface area (Å²) in [6.45, 7) is 5.52. The van der Waals surface area contributed by atoms with E-state index < -0.39 is 0 Å². The van der Waals surface area contributed by atoms with E-state index in [4.69, 9.17) is 22.1 Å². The predicted molar refractivity (Wildman–Crippen MR) is 72.7 cm³/mol. The van der Waals surface area contributed by atoms with Gasteiger partial charge in [0, 0.05) is 29.7 Å². The van der Waals surface area contributed by atoms with E-state index in [2.05, 4.69) is 11.8 Å². The largest absolute Gasteiger partial charge is 0.496 e. The summed E-state index contributed by atoms with van der Waals surface area (Å²) >= 11 is 6.08. The molecular weight excluding hydrogens is 236 g/mol. The molecule has 1 aromatic carbocycles. The number of nitrogens with two attached hydrogens (primary N) is 1. The predicted octanol–water partition coefficient (Wildman–Crippen LogP) is 2.44. The molecule has 0 aliphatic heterocycles. The van der Waals surface area contributed by atoms with Gasteiger partial charge in [-0.1, -0.05) is 11.6 Å². The normalized spacial score (nSPS) is 12.9. The van der Waals surface area contributed by atoms with Crippen molar-refractivity contribution in [2.45, 2.75) is 26.4 Å². The fraction of sp³-hybridized carbons (Fsp3) is 0.538. The molecule has 4 heteroatoms. The topological polar surface area (TPSA) is 38.5 Å². The Morgan fingerprint density at radius 1 is 1.47 bits per heavy atom. The summed E-state index contributed by atoms with van der Waals surface area (Å²) < 4.78 is 5.43. The molecule has 96 valence electrons. The Morgan fingerprint density at radius 3 is 2.65 bits per heavy atom. The Balaban J connectivity index is 2.97. The molecule has 0 bridgehead atoms. The maximum atomic E-state index is 6.08. The van der Waals surface area contributed by atoms with Gasteiger partial charge in [0.1, 0.15) is 5.75 Å². The van der Waals surface area contributed by atoms with Crippen molar-refractivity contribution in [3.8, 4) is 5.75 Å². The number of hydrogen-bond acceptors (Lipinski definition) is 3. The molecule has 0 aliphatic carbocycles. The highest BCUT2D eigenvalue weighted by Gasteiger charge is 2.13. The van der Waals surface area contributed by atoms with Crippen LogP contribution in [0.1, 0.15) is 18.1 Å². The van der Waals surface area contributed by atoms with Crippen LogP contribution >= 0.6 is 11.6 Å². The number of halogens is 1. The summed E-state index contributed by atoms with van der Waals surface area (Å²) in [5.41, 5.74) is 7.81. The molecule has 0 heterocycles. The van der Waals surface area contributed by atoms with Crippen molar-refractivity contribution in [3.63, 3.8) is 0 Å². The van der Waals surface area contributed by atoms with Crippen molar-refractivity contribution >= 4 is 11.6 Å². The quantitative estimate of drug-likeness (QED) is 0.880. The maximum absolute atomic E-state index is 6.08. The van der Waals surface area contributed by atoms with Crippen LogP contribution in [0.15, 0.2) is 12.1 Å². The molecule has 0 fully saturated rings. The number of benzene rings is 1. The first-order chi connectivity index (χ1) is 7.99. The smallest absolute Gasteiger partial charge is 0.126 e. The van der Waals surface area contributed by atoms with Gasteiger partial charge in [-0.05, 0) is 38.6 Å². The van der Waals surface area contributed by atoms with Crippen LogP contribution < -0.4 is 10.5 Å². The van der Waals surface area contributed by atoms with Crippen LogP contribution in [-0.4, -0.2) is 31.6 Å². The second kappa shape index (κ2) is 6.24. The molecule has 1 atom stereocenters. The molecule has 0 saturated carbocycles. The fourth-order valence-corrected chi connectivity index (χ4v) is 2.11. The molecule has 0 aromatic heterocycles. The number of likely N-dealkylation sites (N-methyl/N-ethyl adjacent to an activating group) is 1. The summed E-state index contributed by atoms with van der Waals surface area (Å²) in [5.74, 6) is 0.908. The van der Waals surface area contributed by atoms with Crippen molar-refractivity contribution in [1.29, 1.82) is 0 Å². The van der Waals surface area contributed by atoms with Crippen LogP contribution in [0.5, 0.6) is 5.75 Å². The van der Waals surface area contributed by atoms with Crippen LogP contribution in [-0.2, 0) is 6.54 Å². The van der Waals surface area contributed by atoms with Gasteiger partial charge in [0.25, 0.3) is 0 Å². The third-order valence-electron chi connectivity index (χ3n) is 3.03. The van der Waals surface area contributed by atoms with Crippen LogP contribution in [0.3, 0.4) is 0 Å². The van der Waals surface area contributed by atoms with Gasteiger partial charge in [0.2, 0.25) is 0 Å². The number of rotatable bonds is 5. The van der Waals surface area contributed by atoms with E-state index in [0.29, 0.717) is 12.6 Å². The lowest BCUT2D eigenvalue weighted by molar-refractivity contribution is 0.250. The minimum atomic E-state index is 0.332.